The van der Waals surface area contributed by atoms with Crippen LogP contribution in [-0.4, -0.2) is 80.1 Å². The Bertz CT molecular complexity index is 381. The van der Waals surface area contributed by atoms with Crippen LogP contribution in [0, 0.1) is 0 Å². The van der Waals surface area contributed by atoms with Gasteiger partial charge in [0.25, 0.3) is 0 Å². The first-order valence-corrected chi connectivity index (χ1v) is 8.56. The van der Waals surface area contributed by atoms with Crippen molar-refractivity contribution in [3.63, 3.8) is 0 Å². The van der Waals surface area contributed by atoms with Gasteiger partial charge in [-0.05, 0) is 33.6 Å². The zero-order chi connectivity index (χ0) is 19.8. The highest BCUT2D eigenvalue weighted by Crippen LogP contribution is 2.06. The van der Waals surface area contributed by atoms with Crippen molar-refractivity contribution in [2.45, 2.75) is 45.3 Å². The number of amides is 2. The van der Waals surface area contributed by atoms with Crippen LogP contribution < -0.4 is 10.8 Å². The molecule has 154 valence electrons. The van der Waals surface area contributed by atoms with Gasteiger partial charge in [0, 0.05) is 19.3 Å². The van der Waals surface area contributed by atoms with Crippen molar-refractivity contribution in [1.29, 1.82) is 0 Å². The third-order valence-electron chi connectivity index (χ3n) is 2.81. The summed E-state index contributed by atoms with van der Waals surface area (Å²) in [5, 5.41) is 20.4. The molecule has 0 radical (unpaired) electrons. The number of hydrogen-bond donors (Lipinski definition) is 4. The Hall–Kier alpha value is -1.46. The Morgan fingerprint density at radius 1 is 0.962 bits per heavy atom. The SMILES string of the molecule is CC(C)(C)OC(=O)NOCCOCCOCC(=O)NC(CCO)CCO. The molecule has 2 amide bonds. The van der Waals surface area contributed by atoms with Crippen molar-refractivity contribution in [3.8, 4) is 0 Å². The summed E-state index contributed by atoms with van der Waals surface area (Å²) in [5.41, 5.74) is 1.54. The maximum atomic E-state index is 11.6. The van der Waals surface area contributed by atoms with E-state index in [1.807, 2.05) is 0 Å². The monoisotopic (exact) mass is 380 g/mol. The minimum atomic E-state index is -0.674. The van der Waals surface area contributed by atoms with Crippen LogP contribution in [0.2, 0.25) is 0 Å². The molecule has 0 fully saturated rings. The smallest absolute Gasteiger partial charge is 0.431 e. The van der Waals surface area contributed by atoms with Gasteiger partial charge in [-0.15, -0.1) is 0 Å². The van der Waals surface area contributed by atoms with Gasteiger partial charge < -0.3 is 29.7 Å². The van der Waals surface area contributed by atoms with E-state index in [1.54, 1.807) is 20.8 Å². The molecule has 0 saturated heterocycles. The number of hydrogen-bond acceptors (Lipinski definition) is 8. The molecule has 0 atom stereocenters. The first kappa shape index (κ1) is 24.5. The molecule has 10 heteroatoms. The zero-order valence-corrected chi connectivity index (χ0v) is 15.8. The summed E-state index contributed by atoms with van der Waals surface area (Å²) in [7, 11) is 0. The summed E-state index contributed by atoms with van der Waals surface area (Å²) in [6, 6.07) is -0.271. The lowest BCUT2D eigenvalue weighted by atomic mass is 10.1. The molecule has 0 aliphatic rings. The third-order valence-corrected chi connectivity index (χ3v) is 2.81. The molecule has 0 unspecified atom stereocenters. The fraction of sp³-hybridized carbons (Fsp3) is 0.875. The topological polar surface area (TPSA) is 136 Å². The zero-order valence-electron chi connectivity index (χ0n) is 15.8. The van der Waals surface area contributed by atoms with Gasteiger partial charge in [-0.2, -0.15) is 5.48 Å². The maximum Gasteiger partial charge on any atom is 0.431 e. The highest BCUT2D eigenvalue weighted by atomic mass is 16.7. The van der Waals surface area contributed by atoms with Gasteiger partial charge in [0.15, 0.2) is 0 Å². The second kappa shape index (κ2) is 14.7. The van der Waals surface area contributed by atoms with Crippen LogP contribution in [0.4, 0.5) is 4.79 Å². The lowest BCUT2D eigenvalue weighted by Gasteiger charge is -2.19. The van der Waals surface area contributed by atoms with Crippen molar-refractivity contribution < 1.29 is 38.9 Å². The number of carbonyl (C=O) groups is 2. The summed E-state index contributed by atoms with van der Waals surface area (Å²) in [4.78, 5) is 27.8. The quantitative estimate of drug-likeness (QED) is 0.239. The Morgan fingerprint density at radius 3 is 2.12 bits per heavy atom. The fourth-order valence-corrected chi connectivity index (χ4v) is 1.76. The van der Waals surface area contributed by atoms with Crippen LogP contribution in [0.5, 0.6) is 0 Å². The van der Waals surface area contributed by atoms with Crippen molar-refractivity contribution in [2.24, 2.45) is 0 Å². The second-order valence-electron chi connectivity index (χ2n) is 6.41. The van der Waals surface area contributed by atoms with Crippen LogP contribution in [0.3, 0.4) is 0 Å². The third kappa shape index (κ3) is 16.0. The Balaban J connectivity index is 3.53. The van der Waals surface area contributed by atoms with Gasteiger partial charge >= 0.3 is 6.09 Å². The van der Waals surface area contributed by atoms with E-state index in [0.717, 1.165) is 0 Å². The number of nitrogens with one attached hydrogen (secondary N) is 2. The lowest BCUT2D eigenvalue weighted by Crippen LogP contribution is -2.38. The number of aliphatic hydroxyl groups excluding tert-OH is 2. The summed E-state index contributed by atoms with van der Waals surface area (Å²) in [6.07, 6.45) is 0.0898. The Labute approximate surface area is 154 Å². The van der Waals surface area contributed by atoms with Gasteiger partial charge in [-0.1, -0.05) is 0 Å². The van der Waals surface area contributed by atoms with E-state index in [2.05, 4.69) is 10.8 Å². The molecule has 26 heavy (non-hydrogen) atoms. The van der Waals surface area contributed by atoms with Crippen LogP contribution in [0.1, 0.15) is 33.6 Å². The summed E-state index contributed by atoms with van der Waals surface area (Å²) < 4.78 is 15.4. The number of aliphatic hydroxyl groups is 2. The van der Waals surface area contributed by atoms with E-state index in [9.17, 15) is 9.59 Å². The van der Waals surface area contributed by atoms with Crippen LogP contribution in [0.25, 0.3) is 0 Å². The van der Waals surface area contributed by atoms with E-state index >= 15 is 0 Å². The van der Waals surface area contributed by atoms with Gasteiger partial charge in [-0.25, -0.2) is 4.79 Å². The molecular weight excluding hydrogens is 348 g/mol. The minimum absolute atomic E-state index is 0.0650. The van der Waals surface area contributed by atoms with Crippen LogP contribution in [0.15, 0.2) is 0 Å². The molecule has 0 aliphatic heterocycles. The average Bonchev–Trinajstić information content (AvgIpc) is 2.52. The van der Waals surface area contributed by atoms with E-state index in [0.29, 0.717) is 12.8 Å². The molecule has 0 rings (SSSR count). The van der Waals surface area contributed by atoms with Gasteiger partial charge in [0.1, 0.15) is 12.2 Å². The lowest BCUT2D eigenvalue weighted by molar-refractivity contribution is -0.127. The normalized spacial score (nSPS) is 11.5. The largest absolute Gasteiger partial charge is 0.442 e. The molecule has 4 N–H and O–H groups in total. The van der Waals surface area contributed by atoms with Crippen LogP contribution in [-0.2, 0) is 23.8 Å². The van der Waals surface area contributed by atoms with Crippen molar-refractivity contribution in [1.82, 2.24) is 10.8 Å². The molecule has 0 saturated carbocycles. The number of hydroxylamine groups is 1. The van der Waals surface area contributed by atoms with Gasteiger partial charge in [0.05, 0.1) is 26.4 Å². The summed E-state index contributed by atoms with van der Waals surface area (Å²) >= 11 is 0. The summed E-state index contributed by atoms with van der Waals surface area (Å²) in [5.74, 6) is -0.318. The highest BCUT2D eigenvalue weighted by molar-refractivity contribution is 5.77. The molecule has 0 aliphatic carbocycles. The number of rotatable bonds is 14. The molecule has 0 aromatic carbocycles. The van der Waals surface area contributed by atoms with Crippen molar-refractivity contribution in [2.75, 3.05) is 46.2 Å². The van der Waals surface area contributed by atoms with E-state index in [-0.39, 0.29) is 58.2 Å². The van der Waals surface area contributed by atoms with Crippen LogP contribution >= 0.6 is 0 Å². The van der Waals surface area contributed by atoms with Gasteiger partial charge in [0.2, 0.25) is 5.91 Å². The molecule has 10 nitrogen and oxygen atoms in total. The fourth-order valence-electron chi connectivity index (χ4n) is 1.76. The van der Waals surface area contributed by atoms with E-state index in [1.165, 1.54) is 0 Å². The predicted molar refractivity (Wildman–Crippen MR) is 92.3 cm³/mol. The molecule has 0 heterocycles. The Kier molecular flexibility index (Phi) is 13.9. The Morgan fingerprint density at radius 2 is 1.54 bits per heavy atom. The molecule has 0 spiro atoms. The summed E-state index contributed by atoms with van der Waals surface area (Å²) in [6.45, 7) is 5.84. The molecule has 0 aromatic rings. The highest BCUT2D eigenvalue weighted by Gasteiger charge is 2.15. The molecule has 0 aromatic heterocycles. The number of ether oxygens (including phenoxy) is 3. The first-order chi connectivity index (χ1) is 12.3. The second-order valence-corrected chi connectivity index (χ2v) is 6.41. The average molecular weight is 380 g/mol. The minimum Gasteiger partial charge on any atom is -0.442 e. The van der Waals surface area contributed by atoms with Gasteiger partial charge in [-0.3, -0.25) is 9.63 Å². The molecular formula is C16H32N2O8. The number of carbonyl (C=O) groups excluding carboxylic acids is 2. The van der Waals surface area contributed by atoms with E-state index in [4.69, 9.17) is 29.3 Å². The standard InChI is InChI=1S/C16H32N2O8/c1-16(2,3)26-15(22)18-25-11-10-23-8-9-24-12-14(21)17-13(4-6-19)5-7-20/h13,19-20H,4-12H2,1-3H3,(H,17,21)(H,18,22). The predicted octanol–water partition coefficient (Wildman–Crippen LogP) is -0.274. The molecule has 0 bridgehead atoms. The van der Waals surface area contributed by atoms with E-state index < -0.39 is 11.7 Å². The maximum absolute atomic E-state index is 11.6. The van der Waals surface area contributed by atoms with Crippen molar-refractivity contribution in [3.05, 3.63) is 0 Å². The van der Waals surface area contributed by atoms with Crippen molar-refractivity contribution >= 4 is 12.0 Å². The first-order valence-electron chi connectivity index (χ1n) is 8.56.